The Morgan fingerprint density at radius 1 is 0.739 bits per heavy atom. The first kappa shape index (κ1) is 14.1. The average molecular weight is 323 g/mol. The first-order chi connectivity index (χ1) is 11.2. The van der Waals surface area contributed by atoms with Crippen LogP contribution in [0, 0.1) is 17.8 Å². The van der Waals surface area contributed by atoms with Crippen molar-refractivity contribution in [3.8, 4) is 11.1 Å². The Morgan fingerprint density at radius 3 is 1.91 bits per heavy atom. The summed E-state index contributed by atoms with van der Waals surface area (Å²) in [5.74, 6) is 3.02. The molecule has 2 aromatic carbocycles. The van der Waals surface area contributed by atoms with Crippen LogP contribution in [-0.2, 0) is 5.41 Å². The van der Waals surface area contributed by atoms with Gasteiger partial charge in [-0.25, -0.2) is 0 Å². The molecule has 0 spiro atoms. The van der Waals surface area contributed by atoms with E-state index in [2.05, 4.69) is 36.4 Å². The minimum absolute atomic E-state index is 0.502. The van der Waals surface area contributed by atoms with Gasteiger partial charge in [-0.1, -0.05) is 48.0 Å². The molecule has 4 saturated carbocycles. The summed E-state index contributed by atoms with van der Waals surface area (Å²) in [5, 5.41) is 0.813. The molecule has 0 saturated heterocycles. The van der Waals surface area contributed by atoms with E-state index in [9.17, 15) is 0 Å². The number of benzene rings is 2. The van der Waals surface area contributed by atoms with E-state index in [1.54, 1.807) is 5.56 Å². The molecule has 4 bridgehead atoms. The minimum atomic E-state index is 0.502. The van der Waals surface area contributed by atoms with E-state index in [1.807, 2.05) is 12.1 Å². The van der Waals surface area contributed by atoms with Gasteiger partial charge in [0.05, 0.1) is 0 Å². The molecule has 0 radical (unpaired) electrons. The van der Waals surface area contributed by atoms with Crippen LogP contribution in [-0.4, -0.2) is 0 Å². The molecule has 2 aromatic rings. The molecule has 0 nitrogen and oxygen atoms in total. The molecule has 6 rings (SSSR count). The van der Waals surface area contributed by atoms with Crippen molar-refractivity contribution >= 4 is 11.6 Å². The zero-order valence-electron chi connectivity index (χ0n) is 13.5. The van der Waals surface area contributed by atoms with Gasteiger partial charge in [0.25, 0.3) is 0 Å². The zero-order valence-corrected chi connectivity index (χ0v) is 14.2. The maximum atomic E-state index is 6.14. The Balaban J connectivity index is 1.48. The minimum Gasteiger partial charge on any atom is -0.0843 e. The lowest BCUT2D eigenvalue weighted by atomic mass is 9.48. The van der Waals surface area contributed by atoms with Crippen LogP contribution in [0.3, 0.4) is 0 Å². The lowest BCUT2D eigenvalue weighted by Gasteiger charge is -2.57. The summed E-state index contributed by atoms with van der Waals surface area (Å²) in [4.78, 5) is 0. The van der Waals surface area contributed by atoms with Crippen molar-refractivity contribution in [2.24, 2.45) is 17.8 Å². The third kappa shape index (κ3) is 2.34. The topological polar surface area (TPSA) is 0 Å². The summed E-state index contributed by atoms with van der Waals surface area (Å²) in [7, 11) is 0. The fourth-order valence-electron chi connectivity index (χ4n) is 6.15. The van der Waals surface area contributed by atoms with Gasteiger partial charge in [-0.15, -0.1) is 0 Å². The van der Waals surface area contributed by atoms with Crippen LogP contribution >= 0.6 is 11.6 Å². The monoisotopic (exact) mass is 322 g/mol. The molecule has 0 atom stereocenters. The molecule has 23 heavy (non-hydrogen) atoms. The number of halogens is 1. The van der Waals surface area contributed by atoms with Crippen LogP contribution in [0.2, 0.25) is 5.02 Å². The van der Waals surface area contributed by atoms with E-state index >= 15 is 0 Å². The van der Waals surface area contributed by atoms with Crippen molar-refractivity contribution in [2.75, 3.05) is 0 Å². The molecule has 4 aliphatic rings. The molecule has 4 fully saturated rings. The highest BCUT2D eigenvalue weighted by molar-refractivity contribution is 6.30. The molecule has 4 aliphatic carbocycles. The molecule has 0 amide bonds. The SMILES string of the molecule is Clc1cccc(-c2ccc(C34CC5CC(CC(C5)C3)C4)cc2)c1. The summed E-state index contributed by atoms with van der Waals surface area (Å²) < 4.78 is 0. The van der Waals surface area contributed by atoms with Gasteiger partial charge in [0.2, 0.25) is 0 Å². The zero-order chi connectivity index (χ0) is 15.4. The first-order valence-electron chi connectivity index (χ1n) is 9.07. The molecule has 0 aliphatic heterocycles. The third-order valence-corrected chi connectivity index (χ3v) is 6.93. The summed E-state index contributed by atoms with van der Waals surface area (Å²) in [5.41, 5.74) is 4.60. The van der Waals surface area contributed by atoms with Crippen LogP contribution in [0.5, 0.6) is 0 Å². The number of hydrogen-bond acceptors (Lipinski definition) is 0. The largest absolute Gasteiger partial charge is 0.0843 e. The van der Waals surface area contributed by atoms with Gasteiger partial charge in [0, 0.05) is 5.02 Å². The maximum absolute atomic E-state index is 6.14. The highest BCUT2D eigenvalue weighted by Gasteiger charge is 2.51. The van der Waals surface area contributed by atoms with Gasteiger partial charge >= 0.3 is 0 Å². The van der Waals surface area contributed by atoms with E-state index in [1.165, 1.54) is 49.7 Å². The van der Waals surface area contributed by atoms with Crippen molar-refractivity contribution in [1.82, 2.24) is 0 Å². The molecule has 0 heterocycles. The number of hydrogen-bond donors (Lipinski definition) is 0. The van der Waals surface area contributed by atoms with E-state index < -0.39 is 0 Å². The van der Waals surface area contributed by atoms with Crippen LogP contribution in [0.15, 0.2) is 48.5 Å². The van der Waals surface area contributed by atoms with Gasteiger partial charge < -0.3 is 0 Å². The molecule has 0 unspecified atom stereocenters. The summed E-state index contributed by atoms with van der Waals surface area (Å²) in [6, 6.07) is 17.6. The predicted molar refractivity (Wildman–Crippen MR) is 96.7 cm³/mol. The quantitative estimate of drug-likeness (QED) is 0.594. The molecule has 118 valence electrons. The predicted octanol–water partition coefficient (Wildman–Crippen LogP) is 6.47. The summed E-state index contributed by atoms with van der Waals surface area (Å²) in [6.45, 7) is 0. The Labute approximate surface area is 143 Å². The van der Waals surface area contributed by atoms with E-state index in [0.29, 0.717) is 5.41 Å². The van der Waals surface area contributed by atoms with Crippen molar-refractivity contribution < 1.29 is 0 Å². The van der Waals surface area contributed by atoms with Crippen molar-refractivity contribution in [3.05, 3.63) is 59.1 Å². The van der Waals surface area contributed by atoms with Crippen LogP contribution in [0.25, 0.3) is 11.1 Å². The smallest absolute Gasteiger partial charge is 0.0412 e. The van der Waals surface area contributed by atoms with Gasteiger partial charge in [-0.2, -0.15) is 0 Å². The standard InChI is InChI=1S/C22H23Cl/c23-21-3-1-2-19(11-21)18-4-6-20(7-5-18)22-12-15-8-16(13-22)10-17(9-15)14-22/h1-7,11,15-17H,8-10,12-14H2. The fourth-order valence-corrected chi connectivity index (χ4v) is 6.34. The Hall–Kier alpha value is -1.27. The van der Waals surface area contributed by atoms with Gasteiger partial charge in [0.15, 0.2) is 0 Å². The molecule has 0 N–H and O–H groups in total. The van der Waals surface area contributed by atoms with E-state index in [-0.39, 0.29) is 0 Å². The summed E-state index contributed by atoms with van der Waals surface area (Å²) >= 11 is 6.14. The maximum Gasteiger partial charge on any atom is 0.0412 e. The second-order valence-electron chi connectivity index (χ2n) is 8.29. The first-order valence-corrected chi connectivity index (χ1v) is 9.44. The highest BCUT2D eigenvalue weighted by Crippen LogP contribution is 2.60. The van der Waals surface area contributed by atoms with Crippen molar-refractivity contribution in [2.45, 2.75) is 43.9 Å². The molecule has 1 heteroatoms. The van der Waals surface area contributed by atoms with E-state index in [4.69, 9.17) is 11.6 Å². The fraction of sp³-hybridized carbons (Fsp3) is 0.455. The summed E-state index contributed by atoms with van der Waals surface area (Å²) in [6.07, 6.45) is 8.86. The second-order valence-corrected chi connectivity index (χ2v) is 8.72. The Morgan fingerprint density at radius 2 is 1.35 bits per heavy atom. The van der Waals surface area contributed by atoms with Gasteiger partial charge in [0.1, 0.15) is 0 Å². The van der Waals surface area contributed by atoms with Crippen molar-refractivity contribution in [1.29, 1.82) is 0 Å². The number of rotatable bonds is 2. The third-order valence-electron chi connectivity index (χ3n) is 6.69. The lowest BCUT2D eigenvalue weighted by molar-refractivity contribution is -0.00518. The average Bonchev–Trinajstić information content (AvgIpc) is 2.54. The van der Waals surface area contributed by atoms with Crippen LogP contribution in [0.4, 0.5) is 0 Å². The molecular formula is C22H23Cl. The van der Waals surface area contributed by atoms with Crippen LogP contribution in [0.1, 0.15) is 44.1 Å². The normalized spacial score (nSPS) is 34.7. The Kier molecular flexibility index (Phi) is 3.14. The molecule has 0 aromatic heterocycles. The highest BCUT2D eigenvalue weighted by atomic mass is 35.5. The van der Waals surface area contributed by atoms with Crippen LogP contribution < -0.4 is 0 Å². The van der Waals surface area contributed by atoms with Gasteiger partial charge in [-0.05, 0) is 90.5 Å². The van der Waals surface area contributed by atoms with Gasteiger partial charge in [-0.3, -0.25) is 0 Å². The second kappa shape index (κ2) is 5.11. The Bertz CT molecular complexity index is 693. The lowest BCUT2D eigenvalue weighted by Crippen LogP contribution is -2.48. The van der Waals surface area contributed by atoms with E-state index in [0.717, 1.165) is 22.8 Å². The molecular weight excluding hydrogens is 300 g/mol. The van der Waals surface area contributed by atoms with Crippen molar-refractivity contribution in [3.63, 3.8) is 0 Å².